The summed E-state index contributed by atoms with van der Waals surface area (Å²) in [4.78, 5) is 28.4. The summed E-state index contributed by atoms with van der Waals surface area (Å²) in [5, 5.41) is 2.76. The summed E-state index contributed by atoms with van der Waals surface area (Å²) >= 11 is 0. The minimum atomic E-state index is -4.14. The van der Waals surface area contributed by atoms with E-state index >= 15 is 0 Å². The summed E-state index contributed by atoms with van der Waals surface area (Å²) in [6.45, 7) is 9.01. The van der Waals surface area contributed by atoms with E-state index in [2.05, 4.69) is 5.32 Å². The van der Waals surface area contributed by atoms with E-state index in [1.807, 2.05) is 19.9 Å². The molecular formula is C30H36FN3O4S. The number of nitrogens with zero attached hydrogens (tertiary/aromatic N) is 2. The molecule has 0 aliphatic rings. The molecule has 1 N–H and O–H groups in total. The van der Waals surface area contributed by atoms with Gasteiger partial charge in [-0.15, -0.1) is 0 Å². The van der Waals surface area contributed by atoms with Crippen molar-refractivity contribution in [3.63, 3.8) is 0 Å². The largest absolute Gasteiger partial charge is 0.355 e. The van der Waals surface area contributed by atoms with Gasteiger partial charge in [-0.1, -0.05) is 54.4 Å². The number of hydrogen-bond acceptors (Lipinski definition) is 4. The topological polar surface area (TPSA) is 86.8 Å². The Balaban J connectivity index is 2.09. The van der Waals surface area contributed by atoms with Gasteiger partial charge in [-0.3, -0.25) is 13.9 Å². The van der Waals surface area contributed by atoms with E-state index < -0.39 is 34.3 Å². The third kappa shape index (κ3) is 7.23. The number of carbonyl (C=O) groups excluding carboxylic acids is 2. The lowest BCUT2D eigenvalue weighted by Gasteiger charge is -2.33. The van der Waals surface area contributed by atoms with Gasteiger partial charge in [-0.2, -0.15) is 0 Å². The Hall–Kier alpha value is -3.72. The molecular weight excluding hydrogens is 517 g/mol. The van der Waals surface area contributed by atoms with Crippen molar-refractivity contribution in [1.82, 2.24) is 10.2 Å². The molecule has 0 spiro atoms. The van der Waals surface area contributed by atoms with Crippen molar-refractivity contribution in [3.8, 4) is 0 Å². The molecule has 0 radical (unpaired) electrons. The molecule has 39 heavy (non-hydrogen) atoms. The molecule has 9 heteroatoms. The molecule has 3 aromatic carbocycles. The average molecular weight is 554 g/mol. The van der Waals surface area contributed by atoms with E-state index in [1.165, 1.54) is 29.2 Å². The number of sulfonamides is 1. The zero-order valence-electron chi connectivity index (χ0n) is 23.1. The van der Waals surface area contributed by atoms with Crippen LogP contribution < -0.4 is 9.62 Å². The number of amides is 2. The van der Waals surface area contributed by atoms with E-state index in [9.17, 15) is 22.4 Å². The van der Waals surface area contributed by atoms with Gasteiger partial charge < -0.3 is 10.2 Å². The van der Waals surface area contributed by atoms with Crippen LogP contribution in [0.25, 0.3) is 0 Å². The molecule has 208 valence electrons. The van der Waals surface area contributed by atoms with Gasteiger partial charge in [-0.25, -0.2) is 12.8 Å². The van der Waals surface area contributed by atoms with Gasteiger partial charge in [0.2, 0.25) is 11.8 Å². The number of hydrogen-bond donors (Lipinski definition) is 1. The van der Waals surface area contributed by atoms with Gasteiger partial charge in [0.25, 0.3) is 10.0 Å². The second-order valence-electron chi connectivity index (χ2n) is 9.58. The first-order valence-corrected chi connectivity index (χ1v) is 14.4. The Morgan fingerprint density at radius 2 is 1.51 bits per heavy atom. The van der Waals surface area contributed by atoms with E-state index in [0.717, 1.165) is 15.4 Å². The number of benzene rings is 3. The molecule has 0 saturated carbocycles. The summed E-state index contributed by atoms with van der Waals surface area (Å²) in [6.07, 6.45) is 0.313. The van der Waals surface area contributed by atoms with Crippen molar-refractivity contribution in [2.24, 2.45) is 0 Å². The van der Waals surface area contributed by atoms with Gasteiger partial charge in [0.05, 0.1) is 10.6 Å². The average Bonchev–Trinajstić information content (AvgIpc) is 2.89. The Bertz CT molecular complexity index is 1410. The molecule has 0 unspecified atom stereocenters. The van der Waals surface area contributed by atoms with Crippen molar-refractivity contribution in [1.29, 1.82) is 0 Å². The van der Waals surface area contributed by atoms with E-state index in [0.29, 0.717) is 29.8 Å². The van der Waals surface area contributed by atoms with Crippen molar-refractivity contribution < 1.29 is 22.4 Å². The van der Waals surface area contributed by atoms with Crippen LogP contribution in [0.3, 0.4) is 0 Å². The predicted octanol–water partition coefficient (Wildman–Crippen LogP) is 4.89. The summed E-state index contributed by atoms with van der Waals surface area (Å²) in [5.74, 6) is -1.30. The second-order valence-corrected chi connectivity index (χ2v) is 11.4. The zero-order chi connectivity index (χ0) is 28.7. The molecule has 0 aliphatic carbocycles. The highest BCUT2D eigenvalue weighted by molar-refractivity contribution is 7.92. The molecule has 0 heterocycles. The lowest BCUT2D eigenvalue weighted by atomic mass is 10.1. The number of halogens is 1. The molecule has 2 amide bonds. The van der Waals surface area contributed by atoms with Crippen LogP contribution in [0, 0.1) is 26.6 Å². The zero-order valence-corrected chi connectivity index (χ0v) is 23.9. The highest BCUT2D eigenvalue weighted by Crippen LogP contribution is 2.28. The Morgan fingerprint density at radius 1 is 0.897 bits per heavy atom. The van der Waals surface area contributed by atoms with Gasteiger partial charge in [0.1, 0.15) is 18.4 Å². The Morgan fingerprint density at radius 3 is 2.08 bits per heavy atom. The molecule has 0 aromatic heterocycles. The molecule has 0 saturated heterocycles. The van der Waals surface area contributed by atoms with E-state index in [4.69, 9.17) is 0 Å². The van der Waals surface area contributed by atoms with Crippen LogP contribution in [0.15, 0.2) is 71.6 Å². The lowest BCUT2D eigenvalue weighted by molar-refractivity contribution is -0.140. The second kappa shape index (κ2) is 12.9. The molecule has 3 rings (SSSR count). The van der Waals surface area contributed by atoms with Crippen molar-refractivity contribution in [2.45, 2.75) is 58.5 Å². The highest BCUT2D eigenvalue weighted by atomic mass is 32.2. The summed E-state index contributed by atoms with van der Waals surface area (Å²) in [6, 6.07) is 16.6. The molecule has 0 fully saturated rings. The van der Waals surface area contributed by atoms with Crippen LogP contribution in [-0.2, 0) is 26.2 Å². The minimum absolute atomic E-state index is 0.0139. The molecule has 1 atom stereocenters. The number of carbonyl (C=O) groups is 2. The SMILES string of the molecule is CCNC(=O)[C@H](CC)N(Cc1ccc(F)cc1)C(=O)CN(c1ccc(C)cc1C)S(=O)(=O)c1ccc(C)cc1. The Kier molecular flexibility index (Phi) is 9.86. The number of rotatable bonds is 11. The van der Waals surface area contributed by atoms with Crippen LogP contribution in [-0.4, -0.2) is 44.3 Å². The molecule has 0 bridgehead atoms. The number of anilines is 1. The van der Waals surface area contributed by atoms with Crippen LogP contribution in [0.2, 0.25) is 0 Å². The summed E-state index contributed by atoms with van der Waals surface area (Å²) in [7, 11) is -4.14. The van der Waals surface area contributed by atoms with E-state index in [1.54, 1.807) is 57.2 Å². The maximum atomic E-state index is 14.0. The number of aryl methyl sites for hydroxylation is 3. The molecule has 0 aliphatic heterocycles. The van der Waals surface area contributed by atoms with Gasteiger partial charge in [0, 0.05) is 13.1 Å². The van der Waals surface area contributed by atoms with Gasteiger partial charge in [0.15, 0.2) is 0 Å². The fourth-order valence-corrected chi connectivity index (χ4v) is 5.91. The third-order valence-electron chi connectivity index (χ3n) is 6.51. The smallest absolute Gasteiger partial charge is 0.264 e. The molecule has 7 nitrogen and oxygen atoms in total. The first kappa shape index (κ1) is 29.8. The maximum Gasteiger partial charge on any atom is 0.264 e. The van der Waals surface area contributed by atoms with Gasteiger partial charge in [-0.05, 0) is 75.6 Å². The first-order valence-electron chi connectivity index (χ1n) is 13.0. The van der Waals surface area contributed by atoms with Crippen molar-refractivity contribution in [2.75, 3.05) is 17.4 Å². The normalized spacial score (nSPS) is 12.1. The quantitative estimate of drug-likeness (QED) is 0.366. The standard InChI is InChI=1S/C30H36FN3O4S/c1-6-27(30(36)32-7-2)33(19-24-11-13-25(31)14-12-24)29(35)20-34(28-17-10-22(4)18-23(28)5)39(37,38)26-15-8-21(3)9-16-26/h8-18,27H,6-7,19-20H2,1-5H3,(H,32,36)/t27-/m0/s1. The summed E-state index contributed by atoms with van der Waals surface area (Å²) in [5.41, 5.74) is 3.55. The van der Waals surface area contributed by atoms with Crippen LogP contribution in [0.4, 0.5) is 10.1 Å². The lowest BCUT2D eigenvalue weighted by Crippen LogP contribution is -2.52. The maximum absolute atomic E-state index is 14.0. The number of likely N-dealkylation sites (N-methyl/N-ethyl adjacent to an activating group) is 1. The van der Waals surface area contributed by atoms with Crippen molar-refractivity contribution >= 4 is 27.5 Å². The fourth-order valence-electron chi connectivity index (χ4n) is 4.43. The molecule has 3 aromatic rings. The monoisotopic (exact) mass is 553 g/mol. The fraction of sp³-hybridized carbons (Fsp3) is 0.333. The van der Waals surface area contributed by atoms with Crippen LogP contribution >= 0.6 is 0 Å². The van der Waals surface area contributed by atoms with Crippen molar-refractivity contribution in [3.05, 3.63) is 94.8 Å². The number of nitrogens with one attached hydrogen (secondary N) is 1. The first-order chi connectivity index (χ1) is 18.5. The van der Waals surface area contributed by atoms with E-state index in [-0.39, 0.29) is 17.3 Å². The van der Waals surface area contributed by atoms with Gasteiger partial charge >= 0.3 is 0 Å². The third-order valence-corrected chi connectivity index (χ3v) is 8.29. The van der Waals surface area contributed by atoms with Crippen LogP contribution in [0.1, 0.15) is 42.5 Å². The predicted molar refractivity (Wildman–Crippen MR) is 151 cm³/mol. The summed E-state index contributed by atoms with van der Waals surface area (Å²) < 4.78 is 42.6. The van der Waals surface area contributed by atoms with Crippen LogP contribution in [0.5, 0.6) is 0 Å². The Labute approximate surface area is 230 Å². The minimum Gasteiger partial charge on any atom is -0.355 e. The highest BCUT2D eigenvalue weighted by Gasteiger charge is 2.34.